The maximum Gasteiger partial charge on any atom is 0.169 e. The maximum absolute atomic E-state index is 12.3. The number of carbonyl (C=O) groups is 1. The summed E-state index contributed by atoms with van der Waals surface area (Å²) in [7, 11) is 1.61. The van der Waals surface area contributed by atoms with E-state index in [1.54, 1.807) is 19.5 Å². The smallest absolute Gasteiger partial charge is 0.169 e. The Balaban J connectivity index is 2.26. The minimum absolute atomic E-state index is 0.0551. The number of ether oxygens (including phenoxy) is 1. The van der Waals surface area contributed by atoms with E-state index in [2.05, 4.69) is 20.9 Å². The number of nitrogens with zero attached hydrogens (tertiary/aromatic N) is 1. The van der Waals surface area contributed by atoms with Crippen LogP contribution in [0.5, 0.6) is 5.75 Å². The molecule has 0 atom stereocenters. The molecule has 1 aromatic carbocycles. The van der Waals surface area contributed by atoms with Gasteiger partial charge in [0.05, 0.1) is 7.11 Å². The molecule has 0 unspecified atom stereocenters. The van der Waals surface area contributed by atoms with E-state index >= 15 is 0 Å². The summed E-state index contributed by atoms with van der Waals surface area (Å²) in [5.74, 6) is 0.800. The van der Waals surface area contributed by atoms with Gasteiger partial charge in [-0.3, -0.25) is 9.78 Å². The fourth-order valence-electron chi connectivity index (χ4n) is 1.84. The Labute approximate surface area is 120 Å². The molecule has 0 fully saturated rings. The highest BCUT2D eigenvalue weighted by atomic mass is 79.9. The number of hydrogen-bond donors (Lipinski definition) is 0. The zero-order chi connectivity index (χ0) is 13.8. The first-order valence-electron chi connectivity index (χ1n) is 5.88. The van der Waals surface area contributed by atoms with Crippen molar-refractivity contribution in [2.75, 3.05) is 7.11 Å². The summed E-state index contributed by atoms with van der Waals surface area (Å²) in [5, 5.41) is 0. The third-order valence-electron chi connectivity index (χ3n) is 2.94. The van der Waals surface area contributed by atoms with E-state index in [1.165, 1.54) is 0 Å². The molecule has 0 saturated heterocycles. The molecule has 0 aliphatic rings. The van der Waals surface area contributed by atoms with Gasteiger partial charge in [0.2, 0.25) is 0 Å². The Bertz CT molecular complexity index is 611. The average molecular weight is 320 g/mol. The van der Waals surface area contributed by atoms with Gasteiger partial charge in [-0.2, -0.15) is 0 Å². The Morgan fingerprint density at radius 3 is 2.84 bits per heavy atom. The van der Waals surface area contributed by atoms with Gasteiger partial charge in [0.25, 0.3) is 0 Å². The van der Waals surface area contributed by atoms with Crippen molar-refractivity contribution in [1.82, 2.24) is 4.98 Å². The molecule has 2 aromatic rings. The van der Waals surface area contributed by atoms with Crippen LogP contribution >= 0.6 is 15.9 Å². The molecule has 0 aliphatic carbocycles. The first-order chi connectivity index (χ1) is 9.11. The van der Waals surface area contributed by atoms with Crippen LogP contribution in [0.1, 0.15) is 21.5 Å². The first kappa shape index (κ1) is 13.7. The molecular formula is C15H14BrNO2. The number of ketones is 1. The van der Waals surface area contributed by atoms with E-state index in [0.717, 1.165) is 21.3 Å². The van der Waals surface area contributed by atoms with Gasteiger partial charge in [0.1, 0.15) is 5.75 Å². The molecule has 1 heterocycles. The van der Waals surface area contributed by atoms with Crippen molar-refractivity contribution in [3.63, 3.8) is 0 Å². The molecular weight excluding hydrogens is 306 g/mol. The summed E-state index contributed by atoms with van der Waals surface area (Å²) in [6.07, 6.45) is 3.63. The highest BCUT2D eigenvalue weighted by Crippen LogP contribution is 2.24. The largest absolute Gasteiger partial charge is 0.497 e. The molecule has 3 nitrogen and oxygen atoms in total. The average Bonchev–Trinajstić information content (AvgIpc) is 2.41. The van der Waals surface area contributed by atoms with Gasteiger partial charge in [0, 0.05) is 28.9 Å². The second-order valence-electron chi connectivity index (χ2n) is 4.25. The third-order valence-corrected chi connectivity index (χ3v) is 3.72. The number of hydrogen-bond acceptors (Lipinski definition) is 3. The summed E-state index contributed by atoms with van der Waals surface area (Å²) in [4.78, 5) is 16.3. The molecule has 4 heteroatoms. The van der Waals surface area contributed by atoms with Crippen molar-refractivity contribution in [3.05, 3.63) is 57.8 Å². The van der Waals surface area contributed by atoms with Crippen LogP contribution in [0.3, 0.4) is 0 Å². The van der Waals surface area contributed by atoms with E-state index in [4.69, 9.17) is 4.74 Å². The standard InChI is InChI=1S/C15H14BrNO2/c1-10-5-6-17-9-13(10)15(18)8-11-7-12(19-2)3-4-14(11)16/h3-7,9H,8H2,1-2H3. The molecule has 19 heavy (non-hydrogen) atoms. The number of Topliss-reactive ketones (excluding diaryl/α,β-unsaturated/α-hetero) is 1. The number of carbonyl (C=O) groups excluding carboxylic acids is 1. The zero-order valence-corrected chi connectivity index (χ0v) is 12.4. The fraction of sp³-hybridized carbons (Fsp3) is 0.200. The van der Waals surface area contributed by atoms with Crippen LogP contribution in [0.2, 0.25) is 0 Å². The van der Waals surface area contributed by atoms with Crippen LogP contribution in [0.15, 0.2) is 41.1 Å². The molecule has 0 amide bonds. The third kappa shape index (κ3) is 3.20. The van der Waals surface area contributed by atoms with Gasteiger partial charge in [-0.1, -0.05) is 15.9 Å². The van der Waals surface area contributed by atoms with Gasteiger partial charge < -0.3 is 4.74 Å². The number of rotatable bonds is 4. The maximum atomic E-state index is 12.3. The predicted molar refractivity (Wildman–Crippen MR) is 77.7 cm³/mol. The van der Waals surface area contributed by atoms with Crippen LogP contribution in [0, 0.1) is 6.92 Å². The normalized spacial score (nSPS) is 10.3. The Kier molecular flexibility index (Phi) is 4.32. The number of methoxy groups -OCH3 is 1. The lowest BCUT2D eigenvalue weighted by molar-refractivity contribution is 0.0992. The Morgan fingerprint density at radius 2 is 2.16 bits per heavy atom. The highest BCUT2D eigenvalue weighted by molar-refractivity contribution is 9.10. The lowest BCUT2D eigenvalue weighted by Gasteiger charge is -2.08. The van der Waals surface area contributed by atoms with Gasteiger partial charge in [-0.15, -0.1) is 0 Å². The summed E-state index contributed by atoms with van der Waals surface area (Å²) >= 11 is 3.46. The molecule has 0 N–H and O–H groups in total. The van der Waals surface area contributed by atoms with Crippen molar-refractivity contribution < 1.29 is 9.53 Å². The summed E-state index contributed by atoms with van der Waals surface area (Å²) < 4.78 is 6.08. The monoisotopic (exact) mass is 319 g/mol. The minimum Gasteiger partial charge on any atom is -0.497 e. The van der Waals surface area contributed by atoms with E-state index in [1.807, 2.05) is 31.2 Å². The molecule has 1 aromatic heterocycles. The summed E-state index contributed by atoms with van der Waals surface area (Å²) in [6.45, 7) is 1.91. The van der Waals surface area contributed by atoms with Crippen LogP contribution < -0.4 is 4.74 Å². The topological polar surface area (TPSA) is 39.2 Å². The quantitative estimate of drug-likeness (QED) is 0.808. The molecule has 2 rings (SSSR count). The number of aryl methyl sites for hydroxylation is 1. The molecule has 0 aliphatic heterocycles. The molecule has 98 valence electrons. The van der Waals surface area contributed by atoms with Gasteiger partial charge in [-0.25, -0.2) is 0 Å². The van der Waals surface area contributed by atoms with Crippen molar-refractivity contribution in [2.45, 2.75) is 13.3 Å². The van der Waals surface area contributed by atoms with Crippen molar-refractivity contribution >= 4 is 21.7 Å². The van der Waals surface area contributed by atoms with E-state index in [9.17, 15) is 4.79 Å². The van der Waals surface area contributed by atoms with Crippen LogP contribution in [-0.2, 0) is 6.42 Å². The molecule has 0 spiro atoms. The zero-order valence-electron chi connectivity index (χ0n) is 10.8. The van der Waals surface area contributed by atoms with Gasteiger partial charge in [-0.05, 0) is 42.3 Å². The van der Waals surface area contributed by atoms with Crippen molar-refractivity contribution in [3.8, 4) is 5.75 Å². The number of halogens is 1. The van der Waals surface area contributed by atoms with Crippen LogP contribution in [0.25, 0.3) is 0 Å². The summed E-state index contributed by atoms with van der Waals surface area (Å²) in [6, 6.07) is 7.45. The summed E-state index contributed by atoms with van der Waals surface area (Å²) in [5.41, 5.74) is 2.52. The second-order valence-corrected chi connectivity index (χ2v) is 5.10. The molecule has 0 saturated carbocycles. The Hall–Kier alpha value is -1.68. The first-order valence-corrected chi connectivity index (χ1v) is 6.67. The van der Waals surface area contributed by atoms with Crippen molar-refractivity contribution in [2.24, 2.45) is 0 Å². The Morgan fingerprint density at radius 1 is 1.37 bits per heavy atom. The predicted octanol–water partition coefficient (Wildman–Crippen LogP) is 3.59. The van der Waals surface area contributed by atoms with E-state index in [0.29, 0.717) is 12.0 Å². The molecule has 0 bridgehead atoms. The van der Waals surface area contributed by atoms with Gasteiger partial charge in [0.15, 0.2) is 5.78 Å². The number of benzene rings is 1. The van der Waals surface area contributed by atoms with Crippen molar-refractivity contribution in [1.29, 1.82) is 0 Å². The van der Waals surface area contributed by atoms with E-state index < -0.39 is 0 Å². The lowest BCUT2D eigenvalue weighted by Crippen LogP contribution is -2.06. The van der Waals surface area contributed by atoms with Crippen LogP contribution in [0.4, 0.5) is 0 Å². The highest BCUT2D eigenvalue weighted by Gasteiger charge is 2.12. The lowest BCUT2D eigenvalue weighted by atomic mass is 10.0. The van der Waals surface area contributed by atoms with Gasteiger partial charge >= 0.3 is 0 Å². The minimum atomic E-state index is 0.0551. The molecule has 0 radical (unpaired) electrons. The number of pyridine rings is 1. The number of aromatic nitrogens is 1. The second kappa shape index (κ2) is 5.97. The fourth-order valence-corrected chi connectivity index (χ4v) is 2.22. The van der Waals surface area contributed by atoms with E-state index in [-0.39, 0.29) is 5.78 Å². The van der Waals surface area contributed by atoms with Crippen LogP contribution in [-0.4, -0.2) is 17.9 Å². The SMILES string of the molecule is COc1ccc(Br)c(CC(=O)c2cnccc2C)c1.